The fourth-order valence-electron chi connectivity index (χ4n) is 2.06. The number of nitrogens with one attached hydrogen (secondary N) is 3. The molecule has 0 spiro atoms. The molecule has 0 bridgehead atoms. The Morgan fingerprint density at radius 3 is 2.84 bits per heavy atom. The van der Waals surface area contributed by atoms with Gasteiger partial charge in [0, 0.05) is 17.7 Å². The summed E-state index contributed by atoms with van der Waals surface area (Å²) in [5, 5.41) is 12.5. The molecule has 7 nitrogen and oxygen atoms in total. The van der Waals surface area contributed by atoms with E-state index in [0.717, 1.165) is 0 Å². The molecule has 1 aliphatic heterocycles. The molecule has 0 aromatic carbocycles. The molecule has 98 valence electrons. The molecule has 0 radical (unpaired) electrons. The standard InChI is InChI=1S/C11H10BrN5O2/c12-6-3-5-4(7-10(19)17-11(13)16-7)1-2-14-9(18)8(5)15-6/h1,3,15,19H,2H2,(H,14,18)(H3,13,16,17). The first-order chi connectivity index (χ1) is 9.06. The highest BCUT2D eigenvalue weighted by molar-refractivity contribution is 9.10. The van der Waals surface area contributed by atoms with E-state index in [1.54, 1.807) is 12.1 Å². The molecule has 1 aliphatic rings. The van der Waals surface area contributed by atoms with E-state index >= 15 is 0 Å². The van der Waals surface area contributed by atoms with E-state index in [4.69, 9.17) is 5.73 Å². The number of H-pyrrole nitrogens is 2. The number of nitrogens with zero attached hydrogens (tertiary/aromatic N) is 1. The normalized spacial score (nSPS) is 14.6. The van der Waals surface area contributed by atoms with Gasteiger partial charge in [0.2, 0.25) is 11.8 Å². The highest BCUT2D eigenvalue weighted by Gasteiger charge is 2.24. The molecule has 3 rings (SSSR count). The van der Waals surface area contributed by atoms with Crippen molar-refractivity contribution in [3.8, 4) is 5.88 Å². The molecule has 19 heavy (non-hydrogen) atoms. The Labute approximate surface area is 116 Å². The number of rotatable bonds is 1. The number of hydrogen-bond acceptors (Lipinski definition) is 4. The number of aromatic amines is 2. The lowest BCUT2D eigenvalue weighted by molar-refractivity contribution is 0.0954. The number of amides is 1. The second-order valence-corrected chi connectivity index (χ2v) is 4.91. The topological polar surface area (TPSA) is 120 Å². The van der Waals surface area contributed by atoms with Crippen LogP contribution in [-0.2, 0) is 0 Å². The molecule has 2 aromatic rings. The minimum atomic E-state index is -0.209. The van der Waals surface area contributed by atoms with Crippen molar-refractivity contribution in [2.24, 2.45) is 0 Å². The quantitative estimate of drug-likeness (QED) is 0.537. The lowest BCUT2D eigenvalue weighted by Crippen LogP contribution is -2.22. The first kappa shape index (κ1) is 11.8. The Morgan fingerprint density at radius 2 is 2.16 bits per heavy atom. The van der Waals surface area contributed by atoms with Gasteiger partial charge >= 0.3 is 0 Å². The fourth-order valence-corrected chi connectivity index (χ4v) is 2.49. The van der Waals surface area contributed by atoms with Crippen LogP contribution in [0.5, 0.6) is 5.88 Å². The van der Waals surface area contributed by atoms with E-state index in [1.165, 1.54) is 0 Å². The predicted octanol–water partition coefficient (Wildman–Crippen LogP) is 0.963. The van der Waals surface area contributed by atoms with Crippen LogP contribution in [-0.4, -0.2) is 32.5 Å². The molecule has 0 unspecified atom stereocenters. The molecule has 8 heteroatoms. The summed E-state index contributed by atoms with van der Waals surface area (Å²) >= 11 is 3.29. The van der Waals surface area contributed by atoms with Crippen LogP contribution in [0.3, 0.4) is 0 Å². The average molecular weight is 324 g/mol. The number of hydrogen-bond donors (Lipinski definition) is 5. The summed E-state index contributed by atoms with van der Waals surface area (Å²) in [6.07, 6.45) is 1.79. The molecule has 6 N–H and O–H groups in total. The summed E-state index contributed by atoms with van der Waals surface area (Å²) in [4.78, 5) is 21.3. The molecule has 0 atom stereocenters. The Bertz CT molecular complexity index is 700. The summed E-state index contributed by atoms with van der Waals surface area (Å²) in [7, 11) is 0. The van der Waals surface area contributed by atoms with Crippen molar-refractivity contribution >= 4 is 33.4 Å². The van der Waals surface area contributed by atoms with Gasteiger partial charge in [-0.15, -0.1) is 0 Å². The lowest BCUT2D eigenvalue weighted by Gasteiger charge is -2.03. The number of fused-ring (bicyclic) bond motifs is 1. The van der Waals surface area contributed by atoms with Gasteiger partial charge in [0.05, 0.1) is 4.60 Å². The molecule has 3 heterocycles. The monoisotopic (exact) mass is 323 g/mol. The Balaban J connectivity index is 2.21. The van der Waals surface area contributed by atoms with E-state index in [1.807, 2.05) is 0 Å². The molecular formula is C11H10BrN5O2. The third kappa shape index (κ3) is 1.89. The van der Waals surface area contributed by atoms with Crippen LogP contribution in [0.15, 0.2) is 16.7 Å². The predicted molar refractivity (Wildman–Crippen MR) is 72.6 cm³/mol. The summed E-state index contributed by atoms with van der Waals surface area (Å²) < 4.78 is 0.674. The van der Waals surface area contributed by atoms with Gasteiger partial charge < -0.3 is 26.1 Å². The second-order valence-electron chi connectivity index (χ2n) is 4.05. The number of anilines is 1. The minimum absolute atomic E-state index is 0.119. The zero-order valence-electron chi connectivity index (χ0n) is 9.62. The van der Waals surface area contributed by atoms with Crippen molar-refractivity contribution in [2.45, 2.75) is 0 Å². The number of imidazole rings is 1. The molecule has 1 amide bonds. The van der Waals surface area contributed by atoms with Gasteiger partial charge in [-0.05, 0) is 22.0 Å². The van der Waals surface area contributed by atoms with Gasteiger partial charge in [0.15, 0.2) is 0 Å². The van der Waals surface area contributed by atoms with Crippen molar-refractivity contribution < 1.29 is 9.90 Å². The van der Waals surface area contributed by atoms with E-state index in [-0.39, 0.29) is 17.7 Å². The third-order valence-corrected chi connectivity index (χ3v) is 3.27. The molecule has 2 aromatic heterocycles. The zero-order chi connectivity index (χ0) is 13.6. The van der Waals surface area contributed by atoms with Gasteiger partial charge in [0.25, 0.3) is 5.91 Å². The van der Waals surface area contributed by atoms with Gasteiger partial charge in [-0.3, -0.25) is 4.79 Å². The first-order valence-corrected chi connectivity index (χ1v) is 6.27. The molecule has 0 aliphatic carbocycles. The molecule has 0 fully saturated rings. The molecule has 0 saturated carbocycles. The number of aromatic nitrogens is 3. The van der Waals surface area contributed by atoms with E-state index < -0.39 is 0 Å². The highest BCUT2D eigenvalue weighted by Crippen LogP contribution is 2.33. The van der Waals surface area contributed by atoms with Crippen LogP contribution in [0, 0.1) is 0 Å². The fraction of sp³-hybridized carbons (Fsp3) is 0.0909. The van der Waals surface area contributed by atoms with Crippen molar-refractivity contribution in [1.29, 1.82) is 0 Å². The van der Waals surface area contributed by atoms with Crippen LogP contribution in [0.4, 0.5) is 5.95 Å². The summed E-state index contributed by atoms with van der Waals surface area (Å²) in [6.45, 7) is 0.354. The number of halogens is 1. The maximum Gasteiger partial charge on any atom is 0.268 e. The summed E-state index contributed by atoms with van der Waals surface area (Å²) in [6, 6.07) is 1.77. The maximum absolute atomic E-state index is 11.9. The van der Waals surface area contributed by atoms with E-state index in [0.29, 0.717) is 33.7 Å². The van der Waals surface area contributed by atoms with Crippen LogP contribution in [0.1, 0.15) is 21.7 Å². The van der Waals surface area contributed by atoms with Gasteiger partial charge in [0.1, 0.15) is 11.4 Å². The summed E-state index contributed by atoms with van der Waals surface area (Å²) in [5.74, 6) is -0.284. The Morgan fingerprint density at radius 1 is 1.37 bits per heavy atom. The number of carbonyl (C=O) groups excluding carboxylic acids is 1. The van der Waals surface area contributed by atoms with Gasteiger partial charge in [-0.25, -0.2) is 0 Å². The van der Waals surface area contributed by atoms with Gasteiger partial charge in [-0.1, -0.05) is 6.08 Å². The lowest BCUT2D eigenvalue weighted by atomic mass is 10.0. The number of carbonyl (C=O) groups is 1. The third-order valence-electron chi connectivity index (χ3n) is 2.84. The number of nitrogen functional groups attached to an aromatic ring is 1. The first-order valence-electron chi connectivity index (χ1n) is 5.48. The van der Waals surface area contributed by atoms with Crippen molar-refractivity contribution in [3.63, 3.8) is 0 Å². The SMILES string of the molecule is Nc1nc(O)c(C2=CCNC(=O)c3[nH]c(Br)cc32)[nH]1. The maximum atomic E-state index is 11.9. The number of nitrogens with two attached hydrogens (primary N) is 1. The Kier molecular flexibility index (Phi) is 2.59. The van der Waals surface area contributed by atoms with Crippen molar-refractivity contribution in [2.75, 3.05) is 12.3 Å². The van der Waals surface area contributed by atoms with Crippen LogP contribution >= 0.6 is 15.9 Å². The second kappa shape index (κ2) is 4.16. The highest BCUT2D eigenvalue weighted by atomic mass is 79.9. The van der Waals surface area contributed by atoms with Crippen molar-refractivity contribution in [3.05, 3.63) is 33.7 Å². The summed E-state index contributed by atoms with van der Waals surface area (Å²) in [5.41, 5.74) is 7.67. The average Bonchev–Trinajstić information content (AvgIpc) is 2.84. The van der Waals surface area contributed by atoms with Crippen molar-refractivity contribution in [1.82, 2.24) is 20.3 Å². The van der Waals surface area contributed by atoms with Gasteiger partial charge in [-0.2, -0.15) is 4.98 Å². The van der Waals surface area contributed by atoms with E-state index in [2.05, 4.69) is 36.2 Å². The Hall–Kier alpha value is -2.22. The molecular weight excluding hydrogens is 314 g/mol. The van der Waals surface area contributed by atoms with Crippen LogP contribution < -0.4 is 11.1 Å². The zero-order valence-corrected chi connectivity index (χ0v) is 11.2. The largest absolute Gasteiger partial charge is 0.492 e. The molecule has 0 saturated heterocycles. The van der Waals surface area contributed by atoms with Crippen LogP contribution in [0.2, 0.25) is 0 Å². The minimum Gasteiger partial charge on any atom is -0.492 e. The number of aromatic hydroxyl groups is 1. The van der Waals surface area contributed by atoms with Crippen LogP contribution in [0.25, 0.3) is 5.57 Å². The smallest absolute Gasteiger partial charge is 0.268 e. The van der Waals surface area contributed by atoms with E-state index in [9.17, 15) is 9.90 Å².